The van der Waals surface area contributed by atoms with Crippen LogP contribution < -0.4 is 0 Å². The van der Waals surface area contributed by atoms with E-state index in [-0.39, 0.29) is 6.10 Å². The van der Waals surface area contributed by atoms with Crippen molar-refractivity contribution in [2.75, 3.05) is 0 Å². The number of aliphatic hydroxyl groups excluding tert-OH is 1. The van der Waals surface area contributed by atoms with Crippen LogP contribution in [0, 0.1) is 6.92 Å². The summed E-state index contributed by atoms with van der Waals surface area (Å²) in [5, 5.41) is 9.65. The SMILES string of the molecule is CC.Cc1ccc2c(c1)CCCC2O. The fourth-order valence-corrected chi connectivity index (χ4v) is 1.92. The second-order valence-electron chi connectivity index (χ2n) is 3.61. The highest BCUT2D eigenvalue weighted by molar-refractivity contribution is 5.34. The van der Waals surface area contributed by atoms with E-state index in [9.17, 15) is 5.11 Å². The lowest BCUT2D eigenvalue weighted by atomic mass is 9.88. The Bertz CT molecular complexity index is 291. The quantitative estimate of drug-likeness (QED) is 0.668. The van der Waals surface area contributed by atoms with Gasteiger partial charge in [0.2, 0.25) is 0 Å². The molecule has 78 valence electrons. The van der Waals surface area contributed by atoms with Gasteiger partial charge in [-0.15, -0.1) is 0 Å². The van der Waals surface area contributed by atoms with Gasteiger partial charge in [-0.3, -0.25) is 0 Å². The van der Waals surface area contributed by atoms with Crippen LogP contribution in [-0.2, 0) is 6.42 Å². The molecule has 0 spiro atoms. The number of aryl methyl sites for hydroxylation is 2. The Morgan fingerprint density at radius 3 is 2.71 bits per heavy atom. The number of hydrogen-bond acceptors (Lipinski definition) is 1. The monoisotopic (exact) mass is 192 g/mol. The van der Waals surface area contributed by atoms with E-state index in [0.29, 0.717) is 0 Å². The number of rotatable bonds is 0. The van der Waals surface area contributed by atoms with Gasteiger partial charge in [0.25, 0.3) is 0 Å². The normalized spacial score (nSPS) is 19.3. The first kappa shape index (κ1) is 11.3. The van der Waals surface area contributed by atoms with E-state index in [1.807, 2.05) is 13.8 Å². The van der Waals surface area contributed by atoms with Crippen LogP contribution in [0.5, 0.6) is 0 Å². The van der Waals surface area contributed by atoms with Crippen molar-refractivity contribution in [3.8, 4) is 0 Å². The molecule has 1 unspecified atom stereocenters. The van der Waals surface area contributed by atoms with Gasteiger partial charge in [0.1, 0.15) is 0 Å². The zero-order valence-electron chi connectivity index (χ0n) is 9.38. The Morgan fingerprint density at radius 2 is 2.00 bits per heavy atom. The summed E-state index contributed by atoms with van der Waals surface area (Å²) in [7, 11) is 0. The predicted molar refractivity (Wildman–Crippen MR) is 60.4 cm³/mol. The Labute approximate surface area is 86.8 Å². The smallest absolute Gasteiger partial charge is 0.0792 e. The van der Waals surface area contributed by atoms with Crippen molar-refractivity contribution >= 4 is 0 Å². The molecule has 1 aliphatic carbocycles. The number of benzene rings is 1. The molecule has 1 N–H and O–H groups in total. The predicted octanol–water partition coefficient (Wildman–Crippen LogP) is 3.39. The average molecular weight is 192 g/mol. The van der Waals surface area contributed by atoms with E-state index in [4.69, 9.17) is 0 Å². The third kappa shape index (κ3) is 2.36. The van der Waals surface area contributed by atoms with Crippen molar-refractivity contribution in [1.82, 2.24) is 0 Å². The van der Waals surface area contributed by atoms with E-state index in [0.717, 1.165) is 24.8 Å². The summed E-state index contributed by atoms with van der Waals surface area (Å²) in [4.78, 5) is 0. The van der Waals surface area contributed by atoms with Gasteiger partial charge in [-0.05, 0) is 37.3 Å². The second kappa shape index (κ2) is 5.16. The molecule has 0 radical (unpaired) electrons. The zero-order chi connectivity index (χ0) is 10.6. The van der Waals surface area contributed by atoms with E-state index in [1.165, 1.54) is 11.1 Å². The summed E-state index contributed by atoms with van der Waals surface area (Å²) >= 11 is 0. The van der Waals surface area contributed by atoms with Crippen LogP contribution in [0.3, 0.4) is 0 Å². The maximum absolute atomic E-state index is 9.65. The zero-order valence-corrected chi connectivity index (χ0v) is 9.38. The number of hydrogen-bond donors (Lipinski definition) is 1. The minimum atomic E-state index is -0.214. The molecule has 0 bridgehead atoms. The summed E-state index contributed by atoms with van der Waals surface area (Å²) in [6, 6.07) is 6.33. The second-order valence-corrected chi connectivity index (χ2v) is 3.61. The van der Waals surface area contributed by atoms with Crippen LogP contribution in [0.2, 0.25) is 0 Å². The van der Waals surface area contributed by atoms with Crippen LogP contribution in [-0.4, -0.2) is 5.11 Å². The van der Waals surface area contributed by atoms with Gasteiger partial charge in [0.05, 0.1) is 6.10 Å². The van der Waals surface area contributed by atoms with Crippen molar-refractivity contribution in [2.45, 2.75) is 46.1 Å². The molecule has 1 aromatic carbocycles. The van der Waals surface area contributed by atoms with Gasteiger partial charge < -0.3 is 5.11 Å². The molecule has 0 aromatic heterocycles. The minimum absolute atomic E-state index is 0.214. The van der Waals surface area contributed by atoms with Gasteiger partial charge in [-0.1, -0.05) is 37.6 Å². The molecular formula is C13H20O. The fourth-order valence-electron chi connectivity index (χ4n) is 1.92. The molecule has 1 nitrogen and oxygen atoms in total. The van der Waals surface area contributed by atoms with Crippen LogP contribution in [0.4, 0.5) is 0 Å². The minimum Gasteiger partial charge on any atom is -0.388 e. The highest BCUT2D eigenvalue weighted by Crippen LogP contribution is 2.29. The molecule has 1 heteroatoms. The summed E-state index contributed by atoms with van der Waals surface area (Å²) in [5.41, 5.74) is 3.78. The third-order valence-corrected chi connectivity index (χ3v) is 2.58. The standard InChI is InChI=1S/C11H14O.C2H6/c1-8-5-6-10-9(7-8)3-2-4-11(10)12;1-2/h5-7,11-12H,2-4H2,1H3;1-2H3. The summed E-state index contributed by atoms with van der Waals surface area (Å²) < 4.78 is 0. The molecule has 14 heavy (non-hydrogen) atoms. The number of aliphatic hydroxyl groups is 1. The Morgan fingerprint density at radius 1 is 1.29 bits per heavy atom. The van der Waals surface area contributed by atoms with Crippen molar-refractivity contribution in [3.63, 3.8) is 0 Å². The molecule has 0 amide bonds. The van der Waals surface area contributed by atoms with Gasteiger partial charge in [-0.25, -0.2) is 0 Å². The fraction of sp³-hybridized carbons (Fsp3) is 0.538. The van der Waals surface area contributed by atoms with E-state index in [2.05, 4.69) is 25.1 Å². The lowest BCUT2D eigenvalue weighted by molar-refractivity contribution is 0.156. The molecule has 0 saturated carbocycles. The van der Waals surface area contributed by atoms with E-state index < -0.39 is 0 Å². The van der Waals surface area contributed by atoms with Crippen LogP contribution in [0.1, 0.15) is 49.5 Å². The van der Waals surface area contributed by atoms with Crippen molar-refractivity contribution in [3.05, 3.63) is 34.9 Å². The van der Waals surface area contributed by atoms with Crippen LogP contribution in [0.25, 0.3) is 0 Å². The van der Waals surface area contributed by atoms with Gasteiger partial charge in [-0.2, -0.15) is 0 Å². The van der Waals surface area contributed by atoms with Crippen molar-refractivity contribution in [1.29, 1.82) is 0 Å². The molecule has 1 aromatic rings. The van der Waals surface area contributed by atoms with Crippen LogP contribution >= 0.6 is 0 Å². The molecule has 0 fully saturated rings. The summed E-state index contributed by atoms with van der Waals surface area (Å²) in [6.45, 7) is 6.10. The molecule has 2 rings (SSSR count). The largest absolute Gasteiger partial charge is 0.388 e. The first-order chi connectivity index (χ1) is 6.77. The Hall–Kier alpha value is -0.820. The van der Waals surface area contributed by atoms with Crippen molar-refractivity contribution in [2.24, 2.45) is 0 Å². The lowest BCUT2D eigenvalue weighted by Crippen LogP contribution is -2.08. The maximum Gasteiger partial charge on any atom is 0.0792 e. The summed E-state index contributed by atoms with van der Waals surface area (Å²) in [5.74, 6) is 0. The Balaban J connectivity index is 0.000000461. The molecular weight excluding hydrogens is 172 g/mol. The Kier molecular flexibility index (Phi) is 4.15. The third-order valence-electron chi connectivity index (χ3n) is 2.58. The van der Waals surface area contributed by atoms with Gasteiger partial charge in [0.15, 0.2) is 0 Å². The lowest BCUT2D eigenvalue weighted by Gasteiger charge is -2.21. The molecule has 1 atom stereocenters. The molecule has 0 aliphatic heterocycles. The maximum atomic E-state index is 9.65. The molecule has 0 heterocycles. The van der Waals surface area contributed by atoms with Crippen LogP contribution in [0.15, 0.2) is 18.2 Å². The topological polar surface area (TPSA) is 20.2 Å². The average Bonchev–Trinajstić information content (AvgIpc) is 2.21. The highest BCUT2D eigenvalue weighted by atomic mass is 16.3. The van der Waals surface area contributed by atoms with E-state index in [1.54, 1.807) is 0 Å². The molecule has 0 saturated heterocycles. The first-order valence-corrected chi connectivity index (χ1v) is 5.55. The van der Waals surface area contributed by atoms with Crippen molar-refractivity contribution < 1.29 is 5.11 Å². The van der Waals surface area contributed by atoms with Gasteiger partial charge in [0, 0.05) is 0 Å². The molecule has 1 aliphatic rings. The highest BCUT2D eigenvalue weighted by Gasteiger charge is 2.16. The van der Waals surface area contributed by atoms with Gasteiger partial charge >= 0.3 is 0 Å². The number of fused-ring (bicyclic) bond motifs is 1. The first-order valence-electron chi connectivity index (χ1n) is 5.55. The van der Waals surface area contributed by atoms with E-state index >= 15 is 0 Å². The summed E-state index contributed by atoms with van der Waals surface area (Å²) in [6.07, 6.45) is 2.97.